The Morgan fingerprint density at radius 3 is 2.44 bits per heavy atom. The molecule has 1 N–H and O–H groups in total. The number of benzene rings is 1. The largest absolute Gasteiger partial charge is 0.294 e. The molecule has 0 aliphatic carbocycles. The van der Waals surface area contributed by atoms with Crippen molar-refractivity contribution < 1.29 is 0 Å². The number of H-pyrrole nitrogens is 1. The molecule has 1 aromatic carbocycles. The Labute approximate surface area is 115 Å². The molecule has 0 unspecified atom stereocenters. The number of nitrogens with one attached hydrogen (secondary N) is 1. The molecule has 0 saturated carbocycles. The van der Waals surface area contributed by atoms with Crippen molar-refractivity contribution in [1.82, 2.24) is 9.78 Å². The van der Waals surface area contributed by atoms with Gasteiger partial charge in [-0.1, -0.05) is 31.5 Å². The van der Waals surface area contributed by atoms with Crippen LogP contribution in [0, 0.1) is 12.8 Å². The second kappa shape index (κ2) is 5.14. The van der Waals surface area contributed by atoms with Gasteiger partial charge >= 0.3 is 0 Å². The zero-order chi connectivity index (χ0) is 13.3. The molecule has 0 aliphatic heterocycles. The number of aromatic amines is 1. The number of nitrogens with zero attached hydrogens (tertiary/aromatic N) is 1. The first-order chi connectivity index (χ1) is 8.49. The molecule has 0 amide bonds. The van der Waals surface area contributed by atoms with E-state index in [4.69, 9.17) is 0 Å². The maximum atomic E-state index is 12.1. The zero-order valence-corrected chi connectivity index (χ0v) is 12.4. The molecule has 0 bridgehead atoms. The first-order valence-corrected chi connectivity index (χ1v) is 6.84. The number of hydrogen-bond donors (Lipinski definition) is 1. The summed E-state index contributed by atoms with van der Waals surface area (Å²) in [5.74, 6) is 0.505. The number of hydrogen-bond acceptors (Lipinski definition) is 1. The third-order valence-electron chi connectivity index (χ3n) is 2.81. The van der Waals surface area contributed by atoms with Crippen molar-refractivity contribution in [1.29, 1.82) is 0 Å². The lowest BCUT2D eigenvalue weighted by Crippen LogP contribution is -2.14. The van der Waals surface area contributed by atoms with Crippen LogP contribution in [0.15, 0.2) is 33.5 Å². The maximum absolute atomic E-state index is 12.1. The van der Waals surface area contributed by atoms with E-state index in [-0.39, 0.29) is 5.56 Å². The molecular weight excluding hydrogens is 292 g/mol. The summed E-state index contributed by atoms with van der Waals surface area (Å²) in [7, 11) is 0. The molecule has 3 nitrogen and oxygen atoms in total. The molecule has 18 heavy (non-hydrogen) atoms. The molecule has 0 radical (unpaired) electrons. The fourth-order valence-corrected chi connectivity index (χ4v) is 2.31. The fourth-order valence-electron chi connectivity index (χ4n) is 1.88. The Balaban J connectivity index is 2.46. The minimum atomic E-state index is -0.0329. The summed E-state index contributed by atoms with van der Waals surface area (Å²) in [5.41, 5.74) is 2.96. The molecule has 0 atom stereocenters. The fraction of sp³-hybridized carbons (Fsp3) is 0.357. The molecule has 1 aromatic heterocycles. The smallest absolute Gasteiger partial charge is 0.285 e. The van der Waals surface area contributed by atoms with E-state index in [0.717, 1.165) is 17.8 Å². The Bertz CT molecular complexity index is 593. The van der Waals surface area contributed by atoms with E-state index in [2.05, 4.69) is 34.9 Å². The minimum Gasteiger partial charge on any atom is -0.294 e. The van der Waals surface area contributed by atoms with Crippen LogP contribution in [0.5, 0.6) is 0 Å². The Kier molecular flexibility index (Phi) is 3.76. The van der Waals surface area contributed by atoms with Gasteiger partial charge in [-0.3, -0.25) is 9.89 Å². The highest BCUT2D eigenvalue weighted by Gasteiger charge is 2.13. The molecule has 4 heteroatoms. The van der Waals surface area contributed by atoms with E-state index < -0.39 is 0 Å². The molecule has 96 valence electrons. The minimum absolute atomic E-state index is 0.0329. The van der Waals surface area contributed by atoms with Crippen LogP contribution in [0.25, 0.3) is 5.69 Å². The van der Waals surface area contributed by atoms with Gasteiger partial charge in [0, 0.05) is 0 Å². The molecule has 2 rings (SSSR count). The molecule has 2 aromatic rings. The lowest BCUT2D eigenvalue weighted by atomic mass is 10.1. The van der Waals surface area contributed by atoms with Crippen LogP contribution in [-0.2, 0) is 6.42 Å². The number of rotatable bonds is 3. The average molecular weight is 309 g/mol. The predicted octanol–water partition coefficient (Wildman–Crippen LogP) is 3.44. The van der Waals surface area contributed by atoms with Crippen molar-refractivity contribution in [2.75, 3.05) is 0 Å². The van der Waals surface area contributed by atoms with Gasteiger partial charge in [0.1, 0.15) is 4.47 Å². The van der Waals surface area contributed by atoms with E-state index in [9.17, 15) is 4.79 Å². The molecule has 0 saturated heterocycles. The second-order valence-corrected chi connectivity index (χ2v) is 5.77. The highest BCUT2D eigenvalue weighted by molar-refractivity contribution is 9.10. The highest BCUT2D eigenvalue weighted by Crippen LogP contribution is 2.16. The van der Waals surface area contributed by atoms with Crippen LogP contribution >= 0.6 is 15.9 Å². The van der Waals surface area contributed by atoms with Gasteiger partial charge in [0.15, 0.2) is 0 Å². The Morgan fingerprint density at radius 1 is 1.28 bits per heavy atom. The van der Waals surface area contributed by atoms with E-state index in [1.807, 2.05) is 31.2 Å². The van der Waals surface area contributed by atoms with E-state index in [1.165, 1.54) is 5.56 Å². The summed E-state index contributed by atoms with van der Waals surface area (Å²) in [6.07, 6.45) is 0.856. The normalized spacial score (nSPS) is 11.2. The molecule has 0 fully saturated rings. The van der Waals surface area contributed by atoms with Crippen LogP contribution in [0.2, 0.25) is 0 Å². The standard InChI is InChI=1S/C14H17BrN2O/c1-9(2)8-12-13(15)14(18)17(16-12)11-6-4-10(3)5-7-11/h4-7,9,16H,8H2,1-3H3. The summed E-state index contributed by atoms with van der Waals surface area (Å²) in [5, 5.41) is 3.17. The second-order valence-electron chi connectivity index (χ2n) is 4.98. The van der Waals surface area contributed by atoms with Gasteiger partial charge in [-0.15, -0.1) is 0 Å². The van der Waals surface area contributed by atoms with Gasteiger partial charge in [-0.05, 0) is 47.3 Å². The number of aryl methyl sites for hydroxylation is 1. The molecular formula is C14H17BrN2O. The van der Waals surface area contributed by atoms with Crippen molar-refractivity contribution >= 4 is 15.9 Å². The van der Waals surface area contributed by atoms with Crippen molar-refractivity contribution in [2.24, 2.45) is 5.92 Å². The first-order valence-electron chi connectivity index (χ1n) is 6.05. The van der Waals surface area contributed by atoms with Crippen LogP contribution in [0.3, 0.4) is 0 Å². The Morgan fingerprint density at radius 2 is 1.89 bits per heavy atom. The number of halogens is 1. The van der Waals surface area contributed by atoms with E-state index in [1.54, 1.807) is 4.68 Å². The summed E-state index contributed by atoms with van der Waals surface area (Å²) in [4.78, 5) is 12.1. The lowest BCUT2D eigenvalue weighted by molar-refractivity contribution is 0.626. The summed E-state index contributed by atoms with van der Waals surface area (Å²) < 4.78 is 2.22. The highest BCUT2D eigenvalue weighted by atomic mass is 79.9. The molecule has 1 heterocycles. The first kappa shape index (κ1) is 13.1. The quantitative estimate of drug-likeness (QED) is 0.926. The van der Waals surface area contributed by atoms with Crippen LogP contribution in [0.1, 0.15) is 25.1 Å². The van der Waals surface area contributed by atoms with Gasteiger partial charge in [-0.2, -0.15) is 0 Å². The predicted molar refractivity (Wildman–Crippen MR) is 77.4 cm³/mol. The van der Waals surface area contributed by atoms with Crippen LogP contribution in [0.4, 0.5) is 0 Å². The van der Waals surface area contributed by atoms with Gasteiger partial charge < -0.3 is 0 Å². The zero-order valence-electron chi connectivity index (χ0n) is 10.8. The maximum Gasteiger partial charge on any atom is 0.285 e. The topological polar surface area (TPSA) is 37.8 Å². The van der Waals surface area contributed by atoms with E-state index >= 15 is 0 Å². The SMILES string of the molecule is Cc1ccc(-n2[nH]c(CC(C)C)c(Br)c2=O)cc1. The summed E-state index contributed by atoms with van der Waals surface area (Å²) in [6.45, 7) is 6.29. The van der Waals surface area contributed by atoms with Crippen LogP contribution < -0.4 is 5.56 Å². The number of aromatic nitrogens is 2. The van der Waals surface area contributed by atoms with Gasteiger partial charge in [0.05, 0.1) is 11.4 Å². The van der Waals surface area contributed by atoms with Gasteiger partial charge in [-0.25, -0.2) is 4.68 Å². The third kappa shape index (κ3) is 2.58. The van der Waals surface area contributed by atoms with Crippen LogP contribution in [-0.4, -0.2) is 9.78 Å². The van der Waals surface area contributed by atoms with Crippen molar-refractivity contribution in [3.05, 3.63) is 50.3 Å². The van der Waals surface area contributed by atoms with Crippen molar-refractivity contribution in [3.8, 4) is 5.69 Å². The summed E-state index contributed by atoms with van der Waals surface area (Å²) >= 11 is 3.38. The van der Waals surface area contributed by atoms with E-state index in [0.29, 0.717) is 10.4 Å². The summed E-state index contributed by atoms with van der Waals surface area (Å²) in [6, 6.07) is 7.88. The lowest BCUT2D eigenvalue weighted by Gasteiger charge is -2.04. The molecule has 0 aliphatic rings. The molecule has 0 spiro atoms. The monoisotopic (exact) mass is 308 g/mol. The third-order valence-corrected chi connectivity index (χ3v) is 3.62. The Hall–Kier alpha value is -1.29. The van der Waals surface area contributed by atoms with Gasteiger partial charge in [0.2, 0.25) is 0 Å². The van der Waals surface area contributed by atoms with Gasteiger partial charge in [0.25, 0.3) is 5.56 Å². The van der Waals surface area contributed by atoms with Crippen molar-refractivity contribution in [3.63, 3.8) is 0 Å². The van der Waals surface area contributed by atoms with Crippen molar-refractivity contribution in [2.45, 2.75) is 27.2 Å². The average Bonchev–Trinajstić information content (AvgIpc) is 2.58.